The van der Waals surface area contributed by atoms with Crippen molar-refractivity contribution in [1.29, 1.82) is 0 Å². The molecule has 0 unspecified atom stereocenters. The first kappa shape index (κ1) is 21.7. The summed E-state index contributed by atoms with van der Waals surface area (Å²) in [6.45, 7) is 0.245. The van der Waals surface area contributed by atoms with Crippen LogP contribution in [0.1, 0.15) is 11.3 Å². The zero-order valence-electron chi connectivity index (χ0n) is 16.6. The van der Waals surface area contributed by atoms with E-state index in [1.807, 2.05) is 4.57 Å². The van der Waals surface area contributed by atoms with Crippen molar-refractivity contribution in [2.75, 3.05) is 25.3 Å². The highest BCUT2D eigenvalue weighted by atomic mass is 32.2. The van der Waals surface area contributed by atoms with Crippen LogP contribution in [-0.2, 0) is 17.9 Å². The Morgan fingerprint density at radius 2 is 1.90 bits per heavy atom. The fourth-order valence-electron chi connectivity index (χ4n) is 2.78. The Hall–Kier alpha value is -3.04. The Kier molecular flexibility index (Phi) is 7.31. The maximum atomic E-state index is 13.1. The van der Waals surface area contributed by atoms with Crippen LogP contribution in [0, 0.1) is 5.82 Å². The van der Waals surface area contributed by atoms with Crippen molar-refractivity contribution in [3.63, 3.8) is 0 Å². The first-order chi connectivity index (χ1) is 14.5. The summed E-state index contributed by atoms with van der Waals surface area (Å²) < 4.78 is 25.4. The second-order valence-electron chi connectivity index (χ2n) is 6.33. The first-order valence-corrected chi connectivity index (χ1v) is 10.1. The number of rotatable bonds is 9. The van der Waals surface area contributed by atoms with Gasteiger partial charge in [-0.2, -0.15) is 0 Å². The van der Waals surface area contributed by atoms with Gasteiger partial charge in [-0.1, -0.05) is 23.9 Å². The number of imidazole rings is 1. The SMILES string of the molecule is COc1ccc(NC(=O)CSc2nc(CO)cn2Cc2ccc(F)cc2)cc1OC. The molecule has 158 valence electrons. The van der Waals surface area contributed by atoms with E-state index in [0.717, 1.165) is 5.56 Å². The second kappa shape index (κ2) is 10.1. The molecule has 3 aromatic rings. The van der Waals surface area contributed by atoms with Gasteiger partial charge in [-0.05, 0) is 29.8 Å². The van der Waals surface area contributed by atoms with Gasteiger partial charge in [0, 0.05) is 24.5 Å². The maximum absolute atomic E-state index is 13.1. The van der Waals surface area contributed by atoms with Crippen LogP contribution < -0.4 is 14.8 Å². The van der Waals surface area contributed by atoms with E-state index in [4.69, 9.17) is 9.47 Å². The van der Waals surface area contributed by atoms with Crippen molar-refractivity contribution in [1.82, 2.24) is 9.55 Å². The number of ether oxygens (including phenoxy) is 2. The van der Waals surface area contributed by atoms with Gasteiger partial charge in [0.2, 0.25) is 5.91 Å². The van der Waals surface area contributed by atoms with Gasteiger partial charge < -0.3 is 24.5 Å². The molecule has 0 aliphatic rings. The van der Waals surface area contributed by atoms with Crippen LogP contribution in [0.25, 0.3) is 0 Å². The van der Waals surface area contributed by atoms with Gasteiger partial charge in [-0.3, -0.25) is 4.79 Å². The average molecular weight is 431 g/mol. The van der Waals surface area contributed by atoms with Crippen LogP contribution in [0.5, 0.6) is 11.5 Å². The highest BCUT2D eigenvalue weighted by molar-refractivity contribution is 7.99. The van der Waals surface area contributed by atoms with Crippen LogP contribution in [-0.4, -0.2) is 40.5 Å². The van der Waals surface area contributed by atoms with Gasteiger partial charge in [0.05, 0.1) is 32.3 Å². The molecule has 0 radical (unpaired) electrons. The standard InChI is InChI=1S/C21H22FN3O4S/c1-28-18-8-7-16(9-19(18)29-2)23-20(27)13-30-21-24-17(12-26)11-25(21)10-14-3-5-15(22)6-4-14/h3-9,11,26H,10,12-13H2,1-2H3,(H,23,27). The molecule has 0 aliphatic heterocycles. The fourth-order valence-corrected chi connectivity index (χ4v) is 3.58. The number of hydrogen-bond acceptors (Lipinski definition) is 6. The average Bonchev–Trinajstić information content (AvgIpc) is 3.15. The number of thioether (sulfide) groups is 1. The molecule has 3 rings (SSSR count). The molecule has 2 aromatic carbocycles. The van der Waals surface area contributed by atoms with E-state index < -0.39 is 0 Å². The van der Waals surface area contributed by atoms with Crippen LogP contribution >= 0.6 is 11.8 Å². The fraction of sp³-hybridized carbons (Fsp3) is 0.238. The smallest absolute Gasteiger partial charge is 0.234 e. The van der Waals surface area contributed by atoms with Crippen LogP contribution in [0.4, 0.5) is 10.1 Å². The van der Waals surface area contributed by atoms with Crippen molar-refractivity contribution in [3.8, 4) is 11.5 Å². The second-order valence-corrected chi connectivity index (χ2v) is 7.28. The molecular weight excluding hydrogens is 409 g/mol. The highest BCUT2D eigenvalue weighted by Crippen LogP contribution is 2.30. The number of aliphatic hydroxyl groups is 1. The largest absolute Gasteiger partial charge is 0.493 e. The number of carbonyl (C=O) groups excluding carboxylic acids is 1. The van der Waals surface area contributed by atoms with Gasteiger partial charge in [0.15, 0.2) is 16.7 Å². The van der Waals surface area contributed by atoms with E-state index in [0.29, 0.717) is 34.6 Å². The van der Waals surface area contributed by atoms with E-state index >= 15 is 0 Å². The van der Waals surface area contributed by atoms with Gasteiger partial charge in [0.25, 0.3) is 0 Å². The Labute approximate surface area is 177 Å². The maximum Gasteiger partial charge on any atom is 0.234 e. The number of aliphatic hydroxyl groups excluding tert-OH is 1. The molecule has 1 aromatic heterocycles. The predicted molar refractivity (Wildman–Crippen MR) is 113 cm³/mol. The monoisotopic (exact) mass is 431 g/mol. The van der Waals surface area contributed by atoms with Gasteiger partial charge in [0.1, 0.15) is 5.82 Å². The number of aromatic nitrogens is 2. The summed E-state index contributed by atoms with van der Waals surface area (Å²) in [6, 6.07) is 11.3. The molecule has 0 saturated carbocycles. The normalized spacial score (nSPS) is 10.7. The lowest BCUT2D eigenvalue weighted by Crippen LogP contribution is -2.14. The highest BCUT2D eigenvalue weighted by Gasteiger charge is 2.13. The van der Waals surface area contributed by atoms with Crippen molar-refractivity contribution in [2.45, 2.75) is 18.3 Å². The Morgan fingerprint density at radius 1 is 1.17 bits per heavy atom. The number of amides is 1. The Balaban J connectivity index is 1.65. The van der Waals surface area contributed by atoms with Crippen molar-refractivity contribution in [2.24, 2.45) is 0 Å². The lowest BCUT2D eigenvalue weighted by molar-refractivity contribution is -0.113. The number of carbonyl (C=O) groups is 1. The third-order valence-electron chi connectivity index (χ3n) is 4.22. The lowest BCUT2D eigenvalue weighted by Gasteiger charge is -2.11. The predicted octanol–water partition coefficient (Wildman–Crippen LogP) is 3.31. The molecule has 30 heavy (non-hydrogen) atoms. The number of benzene rings is 2. The molecule has 0 fully saturated rings. The number of hydrogen-bond donors (Lipinski definition) is 2. The molecule has 2 N–H and O–H groups in total. The zero-order valence-corrected chi connectivity index (χ0v) is 17.4. The number of nitrogens with one attached hydrogen (secondary N) is 1. The molecule has 9 heteroatoms. The van der Waals surface area contributed by atoms with Gasteiger partial charge in [-0.25, -0.2) is 9.37 Å². The summed E-state index contributed by atoms with van der Waals surface area (Å²) in [5, 5.41) is 12.8. The molecule has 0 spiro atoms. The van der Waals surface area contributed by atoms with Crippen molar-refractivity contribution >= 4 is 23.4 Å². The zero-order chi connectivity index (χ0) is 21.5. The van der Waals surface area contributed by atoms with Crippen molar-refractivity contribution in [3.05, 3.63) is 65.7 Å². The van der Waals surface area contributed by atoms with E-state index in [-0.39, 0.29) is 24.1 Å². The van der Waals surface area contributed by atoms with Crippen LogP contribution in [0.2, 0.25) is 0 Å². The quantitative estimate of drug-likeness (QED) is 0.506. The minimum absolute atomic E-state index is 0.125. The van der Waals surface area contributed by atoms with Crippen LogP contribution in [0.3, 0.4) is 0 Å². The summed E-state index contributed by atoms with van der Waals surface area (Å²) in [5.74, 6) is 0.699. The Bertz CT molecular complexity index is 1010. The van der Waals surface area contributed by atoms with Gasteiger partial charge in [-0.15, -0.1) is 0 Å². The molecule has 0 bridgehead atoms. The number of halogens is 1. The summed E-state index contributed by atoms with van der Waals surface area (Å²) in [5.41, 5.74) is 1.97. The number of methoxy groups -OCH3 is 2. The van der Waals surface area contributed by atoms with E-state index in [1.54, 1.807) is 43.6 Å². The minimum atomic E-state index is -0.304. The van der Waals surface area contributed by atoms with Crippen molar-refractivity contribution < 1.29 is 23.8 Å². The molecule has 1 heterocycles. The Morgan fingerprint density at radius 3 is 2.57 bits per heavy atom. The summed E-state index contributed by atoms with van der Waals surface area (Å²) in [4.78, 5) is 16.7. The number of anilines is 1. The molecule has 0 atom stereocenters. The van der Waals surface area contributed by atoms with E-state index in [2.05, 4.69) is 10.3 Å². The molecule has 0 saturated heterocycles. The lowest BCUT2D eigenvalue weighted by atomic mass is 10.2. The van der Waals surface area contributed by atoms with Gasteiger partial charge >= 0.3 is 0 Å². The van der Waals surface area contributed by atoms with E-state index in [1.165, 1.54) is 31.0 Å². The molecular formula is C21H22FN3O4S. The summed E-state index contributed by atoms with van der Waals surface area (Å²) in [6.07, 6.45) is 1.72. The summed E-state index contributed by atoms with van der Waals surface area (Å²) >= 11 is 1.25. The molecule has 1 amide bonds. The first-order valence-electron chi connectivity index (χ1n) is 9.08. The summed E-state index contributed by atoms with van der Waals surface area (Å²) in [7, 11) is 3.07. The minimum Gasteiger partial charge on any atom is -0.493 e. The molecule has 7 nitrogen and oxygen atoms in total. The van der Waals surface area contributed by atoms with E-state index in [9.17, 15) is 14.3 Å². The third kappa shape index (κ3) is 5.52. The third-order valence-corrected chi connectivity index (χ3v) is 5.21. The van der Waals surface area contributed by atoms with Crippen LogP contribution in [0.15, 0.2) is 53.8 Å². The number of nitrogens with zero attached hydrogens (tertiary/aromatic N) is 2. The topological polar surface area (TPSA) is 85.6 Å². The molecule has 0 aliphatic carbocycles.